The maximum absolute atomic E-state index is 11.0. The Morgan fingerprint density at radius 2 is 2.32 bits per heavy atom. The first-order valence-corrected chi connectivity index (χ1v) is 8.99. The Kier molecular flexibility index (Phi) is 6.00. The Labute approximate surface area is 129 Å². The number of rotatable bonds is 5. The van der Waals surface area contributed by atoms with Crippen molar-refractivity contribution in [1.82, 2.24) is 5.32 Å². The van der Waals surface area contributed by atoms with E-state index < -0.39 is 0 Å². The second kappa shape index (κ2) is 7.52. The molecular weight excluding hydrogens is 348 g/mol. The molecule has 1 N–H and O–H groups in total. The van der Waals surface area contributed by atoms with Gasteiger partial charge < -0.3 is 5.32 Å². The van der Waals surface area contributed by atoms with Gasteiger partial charge in [-0.15, -0.1) is 0 Å². The molecule has 0 aromatic heterocycles. The minimum Gasteiger partial charge on any atom is -0.311 e. The average Bonchev–Trinajstić information content (AvgIpc) is 2.39. The van der Waals surface area contributed by atoms with Crippen LogP contribution in [0.15, 0.2) is 22.7 Å². The van der Waals surface area contributed by atoms with E-state index in [1.54, 1.807) is 12.1 Å². The highest BCUT2D eigenvalue weighted by Gasteiger charge is 2.16. The van der Waals surface area contributed by atoms with Gasteiger partial charge in [-0.1, -0.05) is 15.9 Å². The molecule has 1 atom stereocenters. The molecule has 1 aliphatic rings. The predicted molar refractivity (Wildman–Crippen MR) is 86.1 cm³/mol. The van der Waals surface area contributed by atoms with Gasteiger partial charge in [0.15, 0.2) is 0 Å². The van der Waals surface area contributed by atoms with Gasteiger partial charge in [-0.05, 0) is 12.1 Å². The Morgan fingerprint density at radius 3 is 3.00 bits per heavy atom. The smallest absolute Gasteiger partial charge is 0.273 e. The van der Waals surface area contributed by atoms with Crippen LogP contribution in [-0.4, -0.2) is 34.0 Å². The van der Waals surface area contributed by atoms with E-state index in [2.05, 4.69) is 21.2 Å². The SMILES string of the molecule is O=[N+]([O-])c1ccc(Br)cc1CNCC1CSCCS1. The fourth-order valence-corrected chi connectivity index (χ4v) is 4.95. The van der Waals surface area contributed by atoms with E-state index in [0.717, 1.165) is 22.3 Å². The maximum Gasteiger partial charge on any atom is 0.273 e. The lowest BCUT2D eigenvalue weighted by molar-refractivity contribution is -0.385. The van der Waals surface area contributed by atoms with Gasteiger partial charge in [-0.3, -0.25) is 10.1 Å². The van der Waals surface area contributed by atoms with Crippen LogP contribution < -0.4 is 5.32 Å². The van der Waals surface area contributed by atoms with E-state index in [1.165, 1.54) is 11.5 Å². The van der Waals surface area contributed by atoms with Gasteiger partial charge >= 0.3 is 0 Å². The van der Waals surface area contributed by atoms with E-state index in [9.17, 15) is 10.1 Å². The maximum atomic E-state index is 11.0. The van der Waals surface area contributed by atoms with E-state index in [1.807, 2.05) is 29.6 Å². The van der Waals surface area contributed by atoms with Crippen LogP contribution in [0.1, 0.15) is 5.56 Å². The monoisotopic (exact) mass is 362 g/mol. The van der Waals surface area contributed by atoms with Crippen molar-refractivity contribution in [2.24, 2.45) is 0 Å². The molecule has 1 aromatic carbocycles. The summed E-state index contributed by atoms with van der Waals surface area (Å²) in [6, 6.07) is 5.06. The van der Waals surface area contributed by atoms with Crippen molar-refractivity contribution in [3.63, 3.8) is 0 Å². The fraction of sp³-hybridized carbons (Fsp3) is 0.500. The van der Waals surface area contributed by atoms with Gasteiger partial charge in [-0.25, -0.2) is 0 Å². The molecule has 1 unspecified atom stereocenters. The van der Waals surface area contributed by atoms with Crippen molar-refractivity contribution >= 4 is 45.1 Å². The summed E-state index contributed by atoms with van der Waals surface area (Å²) < 4.78 is 0.873. The zero-order valence-electron chi connectivity index (χ0n) is 10.3. The van der Waals surface area contributed by atoms with Crippen molar-refractivity contribution in [3.8, 4) is 0 Å². The summed E-state index contributed by atoms with van der Waals surface area (Å²) in [6.07, 6.45) is 0. The molecular formula is C12H15BrN2O2S2. The number of nitrogens with one attached hydrogen (secondary N) is 1. The standard InChI is InChI=1S/C12H15BrN2O2S2/c13-10-1-2-12(15(16)17)9(5-10)6-14-7-11-8-18-3-4-19-11/h1-2,5,11,14H,3-4,6-8H2. The highest BCUT2D eigenvalue weighted by atomic mass is 79.9. The molecule has 19 heavy (non-hydrogen) atoms. The Morgan fingerprint density at radius 1 is 1.47 bits per heavy atom. The first-order chi connectivity index (χ1) is 9.16. The molecule has 104 valence electrons. The summed E-state index contributed by atoms with van der Waals surface area (Å²) >= 11 is 7.32. The second-order valence-corrected chi connectivity index (χ2v) is 7.70. The number of nitrogens with zero attached hydrogens (tertiary/aromatic N) is 1. The molecule has 7 heteroatoms. The summed E-state index contributed by atoms with van der Waals surface area (Å²) in [5, 5.41) is 14.9. The van der Waals surface area contributed by atoms with Gasteiger partial charge in [0, 0.05) is 51.7 Å². The largest absolute Gasteiger partial charge is 0.311 e. The van der Waals surface area contributed by atoms with Gasteiger partial charge in [0.2, 0.25) is 0 Å². The van der Waals surface area contributed by atoms with Gasteiger partial charge in [0.25, 0.3) is 5.69 Å². The van der Waals surface area contributed by atoms with Crippen LogP contribution in [0, 0.1) is 10.1 Å². The molecule has 0 radical (unpaired) electrons. The van der Waals surface area contributed by atoms with Crippen LogP contribution >= 0.6 is 39.5 Å². The normalized spacial score (nSPS) is 19.3. The summed E-state index contributed by atoms with van der Waals surface area (Å²) in [4.78, 5) is 10.6. The molecule has 0 aliphatic carbocycles. The molecule has 1 aliphatic heterocycles. The summed E-state index contributed by atoms with van der Waals surface area (Å²) in [6.45, 7) is 1.44. The molecule has 0 saturated carbocycles. The topological polar surface area (TPSA) is 55.2 Å². The van der Waals surface area contributed by atoms with Crippen molar-refractivity contribution in [3.05, 3.63) is 38.3 Å². The summed E-state index contributed by atoms with van der Waals surface area (Å²) in [5.74, 6) is 3.60. The lowest BCUT2D eigenvalue weighted by atomic mass is 10.2. The van der Waals surface area contributed by atoms with Crippen molar-refractivity contribution < 1.29 is 4.92 Å². The number of benzene rings is 1. The molecule has 1 aromatic rings. The number of nitro groups is 1. The van der Waals surface area contributed by atoms with Crippen molar-refractivity contribution in [1.29, 1.82) is 0 Å². The molecule has 0 spiro atoms. The highest BCUT2D eigenvalue weighted by molar-refractivity contribution is 9.10. The highest BCUT2D eigenvalue weighted by Crippen LogP contribution is 2.25. The van der Waals surface area contributed by atoms with Crippen LogP contribution in [0.4, 0.5) is 5.69 Å². The third-order valence-electron chi connectivity index (χ3n) is 2.81. The number of nitro benzene ring substituents is 1. The average molecular weight is 363 g/mol. The molecule has 1 heterocycles. The number of thioether (sulfide) groups is 2. The van der Waals surface area contributed by atoms with Gasteiger partial charge in [0.1, 0.15) is 0 Å². The quantitative estimate of drug-likeness (QED) is 0.643. The molecule has 0 amide bonds. The molecule has 4 nitrogen and oxygen atoms in total. The zero-order chi connectivity index (χ0) is 13.7. The van der Waals surface area contributed by atoms with Crippen molar-refractivity contribution in [2.75, 3.05) is 23.8 Å². The van der Waals surface area contributed by atoms with E-state index in [-0.39, 0.29) is 10.6 Å². The third kappa shape index (κ3) is 4.66. The Bertz CT molecular complexity index is 453. The van der Waals surface area contributed by atoms with Crippen LogP contribution in [0.3, 0.4) is 0 Å². The minimum atomic E-state index is -0.325. The number of halogens is 1. The lowest BCUT2D eigenvalue weighted by Crippen LogP contribution is -2.28. The van der Waals surface area contributed by atoms with Crippen LogP contribution in [0.2, 0.25) is 0 Å². The fourth-order valence-electron chi connectivity index (χ4n) is 1.90. The Hall–Kier alpha value is -0.240. The van der Waals surface area contributed by atoms with Gasteiger partial charge in [-0.2, -0.15) is 23.5 Å². The van der Waals surface area contributed by atoms with E-state index in [0.29, 0.717) is 11.8 Å². The molecule has 1 saturated heterocycles. The molecule has 2 rings (SSSR count). The molecule has 0 bridgehead atoms. The van der Waals surface area contributed by atoms with E-state index >= 15 is 0 Å². The van der Waals surface area contributed by atoms with E-state index in [4.69, 9.17) is 0 Å². The second-order valence-electron chi connectivity index (χ2n) is 4.23. The predicted octanol–water partition coefficient (Wildman–Crippen LogP) is 3.30. The van der Waals surface area contributed by atoms with Crippen LogP contribution in [0.5, 0.6) is 0 Å². The number of hydrogen-bond donors (Lipinski definition) is 1. The summed E-state index contributed by atoms with van der Waals surface area (Å²) in [7, 11) is 0. The van der Waals surface area contributed by atoms with Gasteiger partial charge in [0.05, 0.1) is 4.92 Å². The third-order valence-corrected chi connectivity index (χ3v) is 6.15. The Balaban J connectivity index is 1.91. The van der Waals surface area contributed by atoms with Crippen LogP contribution in [0.25, 0.3) is 0 Å². The first kappa shape index (κ1) is 15.2. The number of hydrogen-bond acceptors (Lipinski definition) is 5. The minimum absolute atomic E-state index is 0.182. The summed E-state index contributed by atoms with van der Waals surface area (Å²) in [5.41, 5.74) is 0.911. The molecule has 1 fully saturated rings. The van der Waals surface area contributed by atoms with Crippen molar-refractivity contribution in [2.45, 2.75) is 11.8 Å². The lowest BCUT2D eigenvalue weighted by Gasteiger charge is -2.21. The first-order valence-electron chi connectivity index (χ1n) is 5.99. The van der Waals surface area contributed by atoms with Crippen LogP contribution in [-0.2, 0) is 6.54 Å². The zero-order valence-corrected chi connectivity index (χ0v) is 13.5.